The Labute approximate surface area is 179 Å². The molecule has 2 amide bonds. The number of hydrogen-bond donors (Lipinski definition) is 1. The molecular formula is C20H18F2N2O6S. The van der Waals surface area contributed by atoms with Crippen LogP contribution in [0.25, 0.3) is 0 Å². The Bertz CT molecular complexity index is 990. The standard InChI is InChI=1S/C20H18F2N2O6S/c21-20(22)29-14-4-3-13(10-15(14)30-20)23-17(25)11-28-19(27)12-5-7-24(8-6-12)18(26)16-2-1-9-31-16/h1-4,9-10,12H,5-8,11H2,(H,23,25). The van der Waals surface area contributed by atoms with Crippen molar-refractivity contribution >= 4 is 34.8 Å². The smallest absolute Gasteiger partial charge is 0.455 e. The Balaban J connectivity index is 1.22. The fourth-order valence-electron chi connectivity index (χ4n) is 3.35. The average Bonchev–Trinajstić information content (AvgIpc) is 3.38. The van der Waals surface area contributed by atoms with E-state index in [0.717, 1.165) is 0 Å². The number of nitrogens with one attached hydrogen (secondary N) is 1. The lowest BCUT2D eigenvalue weighted by molar-refractivity contribution is -0.286. The van der Waals surface area contributed by atoms with Crippen molar-refractivity contribution in [3.05, 3.63) is 40.6 Å². The van der Waals surface area contributed by atoms with E-state index in [-0.39, 0.29) is 23.1 Å². The highest BCUT2D eigenvalue weighted by Crippen LogP contribution is 2.42. The number of piperidine rings is 1. The van der Waals surface area contributed by atoms with Crippen LogP contribution >= 0.6 is 11.3 Å². The van der Waals surface area contributed by atoms with Gasteiger partial charge in [-0.15, -0.1) is 20.1 Å². The second-order valence-corrected chi connectivity index (χ2v) is 7.98. The fraction of sp³-hybridized carbons (Fsp3) is 0.350. The number of hydrogen-bond acceptors (Lipinski definition) is 7. The lowest BCUT2D eigenvalue weighted by atomic mass is 9.97. The molecule has 0 radical (unpaired) electrons. The van der Waals surface area contributed by atoms with Crippen LogP contribution in [0.1, 0.15) is 22.5 Å². The number of likely N-dealkylation sites (tertiary alicyclic amines) is 1. The van der Waals surface area contributed by atoms with Gasteiger partial charge in [0, 0.05) is 24.8 Å². The molecule has 4 rings (SSSR count). The molecule has 1 N–H and O–H groups in total. The topological polar surface area (TPSA) is 94.2 Å². The summed E-state index contributed by atoms with van der Waals surface area (Å²) in [5.74, 6) is -1.93. The number of ether oxygens (including phenoxy) is 3. The SMILES string of the molecule is O=C(COC(=O)C1CCN(C(=O)c2cccs2)CC1)Nc1ccc2c(c1)OC(F)(F)O2. The summed E-state index contributed by atoms with van der Waals surface area (Å²) in [6.45, 7) is 0.354. The van der Waals surface area contributed by atoms with Gasteiger partial charge >= 0.3 is 12.3 Å². The summed E-state index contributed by atoms with van der Waals surface area (Å²) in [6.07, 6.45) is -2.84. The van der Waals surface area contributed by atoms with E-state index in [2.05, 4.69) is 14.8 Å². The number of nitrogens with zero attached hydrogens (tertiary/aromatic N) is 1. The molecule has 3 heterocycles. The average molecular weight is 452 g/mol. The molecule has 1 aromatic heterocycles. The van der Waals surface area contributed by atoms with Crippen molar-refractivity contribution in [1.82, 2.24) is 4.90 Å². The zero-order chi connectivity index (χ0) is 22.0. The van der Waals surface area contributed by atoms with E-state index in [9.17, 15) is 23.2 Å². The van der Waals surface area contributed by atoms with Crippen LogP contribution in [-0.2, 0) is 14.3 Å². The number of anilines is 1. The van der Waals surface area contributed by atoms with Gasteiger partial charge in [0.05, 0.1) is 10.8 Å². The maximum absolute atomic E-state index is 13.0. The van der Waals surface area contributed by atoms with Crippen LogP contribution in [0.4, 0.5) is 14.5 Å². The normalized spacial score (nSPS) is 17.3. The van der Waals surface area contributed by atoms with Gasteiger partial charge in [0.2, 0.25) is 0 Å². The number of rotatable bonds is 5. The summed E-state index contributed by atoms with van der Waals surface area (Å²) in [6, 6.07) is 7.37. The van der Waals surface area contributed by atoms with Crippen molar-refractivity contribution < 1.29 is 37.4 Å². The number of thiophene rings is 1. The number of fused-ring (bicyclic) bond motifs is 1. The first-order valence-electron chi connectivity index (χ1n) is 9.50. The van der Waals surface area contributed by atoms with Crippen LogP contribution in [0.2, 0.25) is 0 Å². The predicted molar refractivity (Wildman–Crippen MR) is 105 cm³/mol. The number of halogens is 2. The zero-order valence-electron chi connectivity index (χ0n) is 16.1. The Hall–Kier alpha value is -3.21. The Morgan fingerprint density at radius 3 is 2.61 bits per heavy atom. The minimum Gasteiger partial charge on any atom is -0.455 e. The molecule has 0 saturated carbocycles. The Kier molecular flexibility index (Phi) is 5.77. The van der Waals surface area contributed by atoms with Gasteiger partial charge in [0.15, 0.2) is 18.1 Å². The van der Waals surface area contributed by atoms with E-state index in [0.29, 0.717) is 30.8 Å². The van der Waals surface area contributed by atoms with Crippen molar-refractivity contribution in [3.8, 4) is 11.5 Å². The first-order chi connectivity index (χ1) is 14.8. The molecule has 2 aliphatic heterocycles. The highest BCUT2D eigenvalue weighted by Gasteiger charge is 2.43. The molecule has 2 aromatic rings. The van der Waals surface area contributed by atoms with Gasteiger partial charge in [-0.2, -0.15) is 0 Å². The van der Waals surface area contributed by atoms with Crippen LogP contribution in [0.3, 0.4) is 0 Å². The first-order valence-corrected chi connectivity index (χ1v) is 10.4. The number of carbonyl (C=O) groups is 3. The van der Waals surface area contributed by atoms with E-state index >= 15 is 0 Å². The van der Waals surface area contributed by atoms with Crippen LogP contribution < -0.4 is 14.8 Å². The third-order valence-electron chi connectivity index (χ3n) is 4.88. The third-order valence-corrected chi connectivity index (χ3v) is 5.74. The molecule has 0 unspecified atom stereocenters. The summed E-state index contributed by atoms with van der Waals surface area (Å²) in [4.78, 5) is 39.0. The molecule has 11 heteroatoms. The fourth-order valence-corrected chi connectivity index (χ4v) is 4.04. The van der Waals surface area contributed by atoms with Crippen molar-refractivity contribution in [2.24, 2.45) is 5.92 Å². The largest absolute Gasteiger partial charge is 0.586 e. The second kappa shape index (κ2) is 8.50. The third kappa shape index (κ3) is 4.93. The van der Waals surface area contributed by atoms with E-state index in [1.165, 1.54) is 29.5 Å². The van der Waals surface area contributed by atoms with Gasteiger partial charge in [-0.25, -0.2) is 0 Å². The van der Waals surface area contributed by atoms with E-state index < -0.39 is 30.7 Å². The highest BCUT2D eigenvalue weighted by molar-refractivity contribution is 7.12. The predicted octanol–water partition coefficient (Wildman–Crippen LogP) is 3.10. The molecule has 8 nitrogen and oxygen atoms in total. The highest BCUT2D eigenvalue weighted by atomic mass is 32.1. The summed E-state index contributed by atoms with van der Waals surface area (Å²) in [7, 11) is 0. The number of carbonyl (C=O) groups excluding carboxylic acids is 3. The lowest BCUT2D eigenvalue weighted by Crippen LogP contribution is -2.40. The van der Waals surface area contributed by atoms with Crippen LogP contribution in [0.5, 0.6) is 11.5 Å². The first kappa shape index (κ1) is 21.0. The molecule has 0 spiro atoms. The maximum Gasteiger partial charge on any atom is 0.586 e. The maximum atomic E-state index is 13.0. The van der Waals surface area contributed by atoms with Gasteiger partial charge < -0.3 is 24.4 Å². The number of alkyl halides is 2. The molecule has 0 atom stereocenters. The van der Waals surface area contributed by atoms with Gasteiger partial charge in [-0.3, -0.25) is 14.4 Å². The molecule has 31 heavy (non-hydrogen) atoms. The van der Waals surface area contributed by atoms with Crippen LogP contribution in [-0.4, -0.2) is 48.7 Å². The van der Waals surface area contributed by atoms with E-state index in [4.69, 9.17) is 4.74 Å². The number of esters is 1. The van der Waals surface area contributed by atoms with Gasteiger partial charge in [0.1, 0.15) is 0 Å². The minimum absolute atomic E-state index is 0.0531. The van der Waals surface area contributed by atoms with Gasteiger partial charge in [-0.05, 0) is 36.4 Å². The van der Waals surface area contributed by atoms with Gasteiger partial charge in [-0.1, -0.05) is 6.07 Å². The van der Waals surface area contributed by atoms with Crippen molar-refractivity contribution in [2.75, 3.05) is 25.0 Å². The monoisotopic (exact) mass is 452 g/mol. The molecule has 0 bridgehead atoms. The van der Waals surface area contributed by atoms with Crippen LogP contribution in [0.15, 0.2) is 35.7 Å². The second-order valence-electron chi connectivity index (χ2n) is 7.03. The molecule has 2 aliphatic rings. The molecular weight excluding hydrogens is 434 g/mol. The lowest BCUT2D eigenvalue weighted by Gasteiger charge is -2.30. The Morgan fingerprint density at radius 2 is 1.90 bits per heavy atom. The summed E-state index contributed by atoms with van der Waals surface area (Å²) >= 11 is 1.37. The Morgan fingerprint density at radius 1 is 1.16 bits per heavy atom. The number of amides is 2. The van der Waals surface area contributed by atoms with Crippen molar-refractivity contribution in [1.29, 1.82) is 0 Å². The van der Waals surface area contributed by atoms with Crippen molar-refractivity contribution in [3.63, 3.8) is 0 Å². The molecule has 1 aromatic carbocycles. The molecule has 0 aliphatic carbocycles. The zero-order valence-corrected chi connectivity index (χ0v) is 17.0. The summed E-state index contributed by atoms with van der Waals surface area (Å²) < 4.78 is 39.8. The molecule has 1 saturated heterocycles. The quantitative estimate of drug-likeness (QED) is 0.701. The molecule has 1 fully saturated rings. The number of benzene rings is 1. The molecule has 164 valence electrons. The summed E-state index contributed by atoms with van der Waals surface area (Å²) in [5.41, 5.74) is 0.196. The van der Waals surface area contributed by atoms with Crippen molar-refractivity contribution in [2.45, 2.75) is 19.1 Å². The van der Waals surface area contributed by atoms with E-state index in [1.807, 2.05) is 11.4 Å². The van der Waals surface area contributed by atoms with E-state index in [1.54, 1.807) is 11.0 Å². The van der Waals surface area contributed by atoms with Crippen LogP contribution in [0, 0.1) is 5.92 Å². The van der Waals surface area contributed by atoms with Gasteiger partial charge in [0.25, 0.3) is 11.8 Å². The summed E-state index contributed by atoms with van der Waals surface area (Å²) in [5, 5.41) is 4.28. The minimum atomic E-state index is -3.75.